The van der Waals surface area contributed by atoms with Gasteiger partial charge in [-0.3, -0.25) is 4.99 Å². The van der Waals surface area contributed by atoms with Gasteiger partial charge in [0.1, 0.15) is 0 Å². The number of hydrogen-bond donors (Lipinski definition) is 0. The van der Waals surface area contributed by atoms with Gasteiger partial charge in [-0.25, -0.2) is 0 Å². The van der Waals surface area contributed by atoms with E-state index in [0.29, 0.717) is 0 Å². The molecule has 0 heterocycles. The molecular weight excluding hydrogens is 184 g/mol. The quantitative estimate of drug-likeness (QED) is 0.508. The molecule has 0 aliphatic heterocycles. The second-order valence-corrected chi connectivity index (χ2v) is 3.16. The third-order valence-corrected chi connectivity index (χ3v) is 2.10. The highest BCUT2D eigenvalue weighted by molar-refractivity contribution is 5.55. The van der Waals surface area contributed by atoms with Gasteiger partial charge < -0.3 is 4.90 Å². The molecule has 78 valence electrons. The normalized spacial score (nSPS) is 9.33. The summed E-state index contributed by atoms with van der Waals surface area (Å²) in [5.74, 6) is 0. The zero-order chi connectivity index (χ0) is 11.1. The average Bonchev–Trinajstić information content (AvgIpc) is 2.29. The fourth-order valence-electron chi connectivity index (χ4n) is 1.37. The van der Waals surface area contributed by atoms with Crippen molar-refractivity contribution >= 4 is 18.1 Å². The third-order valence-electron chi connectivity index (χ3n) is 2.10. The summed E-state index contributed by atoms with van der Waals surface area (Å²) in [7, 11) is 0. The van der Waals surface area contributed by atoms with Crippen molar-refractivity contribution in [3.63, 3.8) is 0 Å². The van der Waals surface area contributed by atoms with Crippen LogP contribution in [-0.2, 0) is 0 Å². The van der Waals surface area contributed by atoms with E-state index in [1.54, 1.807) is 0 Å². The van der Waals surface area contributed by atoms with Gasteiger partial charge in [-0.1, -0.05) is 12.2 Å². The summed E-state index contributed by atoms with van der Waals surface area (Å²) < 4.78 is 0. The average molecular weight is 200 g/mol. The molecule has 0 aliphatic carbocycles. The van der Waals surface area contributed by atoms with Crippen LogP contribution in [0.4, 0.5) is 11.4 Å². The summed E-state index contributed by atoms with van der Waals surface area (Å²) >= 11 is 0. The van der Waals surface area contributed by atoms with Crippen LogP contribution < -0.4 is 4.90 Å². The largest absolute Gasteiger partial charge is 0.364 e. The Labute approximate surface area is 91.3 Å². The standard InChI is InChI=1S/C13H16N2/c1-4-10-15(11-5-2)13-8-6-12(14-3)7-9-13/h4-9H,1-3,10-11H2. The monoisotopic (exact) mass is 200 g/mol. The minimum absolute atomic E-state index is 0.812. The first-order chi connectivity index (χ1) is 7.31. The molecule has 0 saturated carbocycles. The van der Waals surface area contributed by atoms with E-state index < -0.39 is 0 Å². The van der Waals surface area contributed by atoms with Gasteiger partial charge in [-0.05, 0) is 31.0 Å². The Balaban J connectivity index is 2.84. The number of hydrogen-bond acceptors (Lipinski definition) is 2. The molecule has 1 rings (SSSR count). The molecule has 0 aliphatic rings. The molecule has 1 aromatic carbocycles. The van der Waals surface area contributed by atoms with Crippen LogP contribution in [0.3, 0.4) is 0 Å². The van der Waals surface area contributed by atoms with Gasteiger partial charge in [-0.2, -0.15) is 0 Å². The SMILES string of the molecule is C=CCN(CC=C)c1ccc(N=C)cc1. The number of benzene rings is 1. The highest BCUT2D eigenvalue weighted by Gasteiger charge is 2.01. The van der Waals surface area contributed by atoms with Gasteiger partial charge in [0.25, 0.3) is 0 Å². The maximum Gasteiger partial charge on any atom is 0.0623 e. The topological polar surface area (TPSA) is 15.6 Å². The molecule has 0 fully saturated rings. The number of aliphatic imine (C=N–C) groups is 1. The molecule has 0 aromatic heterocycles. The van der Waals surface area contributed by atoms with Crippen LogP contribution in [0.5, 0.6) is 0 Å². The van der Waals surface area contributed by atoms with E-state index in [1.165, 1.54) is 0 Å². The van der Waals surface area contributed by atoms with Crippen molar-refractivity contribution in [2.24, 2.45) is 4.99 Å². The van der Waals surface area contributed by atoms with Crippen LogP contribution in [0.1, 0.15) is 0 Å². The Morgan fingerprint density at radius 2 is 1.60 bits per heavy atom. The predicted octanol–water partition coefficient (Wildman–Crippen LogP) is 3.20. The van der Waals surface area contributed by atoms with E-state index in [1.807, 2.05) is 36.4 Å². The first-order valence-electron chi connectivity index (χ1n) is 4.85. The molecule has 0 spiro atoms. The molecule has 0 amide bonds. The summed E-state index contributed by atoms with van der Waals surface area (Å²) in [6.07, 6.45) is 3.76. The first-order valence-corrected chi connectivity index (χ1v) is 4.85. The van der Waals surface area contributed by atoms with E-state index in [4.69, 9.17) is 0 Å². The molecule has 1 aromatic rings. The smallest absolute Gasteiger partial charge is 0.0623 e. The summed E-state index contributed by atoms with van der Waals surface area (Å²) in [5.41, 5.74) is 2.03. The van der Waals surface area contributed by atoms with Crippen LogP contribution in [0.2, 0.25) is 0 Å². The highest BCUT2D eigenvalue weighted by Crippen LogP contribution is 2.19. The molecule has 0 N–H and O–H groups in total. The fraction of sp³-hybridized carbons (Fsp3) is 0.154. The minimum Gasteiger partial charge on any atom is -0.364 e. The summed E-state index contributed by atoms with van der Waals surface area (Å²) in [5, 5.41) is 0. The van der Waals surface area contributed by atoms with Crippen molar-refractivity contribution < 1.29 is 0 Å². The van der Waals surface area contributed by atoms with E-state index in [-0.39, 0.29) is 0 Å². The van der Waals surface area contributed by atoms with Gasteiger partial charge in [0.05, 0.1) is 5.69 Å². The van der Waals surface area contributed by atoms with E-state index in [9.17, 15) is 0 Å². The van der Waals surface area contributed by atoms with Gasteiger partial charge in [-0.15, -0.1) is 13.2 Å². The Bertz CT molecular complexity index is 328. The zero-order valence-corrected chi connectivity index (χ0v) is 8.89. The molecule has 0 atom stereocenters. The zero-order valence-electron chi connectivity index (χ0n) is 8.89. The lowest BCUT2D eigenvalue weighted by Crippen LogP contribution is -2.22. The molecule has 0 radical (unpaired) electrons. The van der Waals surface area contributed by atoms with Crippen molar-refractivity contribution in [2.45, 2.75) is 0 Å². The van der Waals surface area contributed by atoms with E-state index in [2.05, 4.69) is 29.8 Å². The number of anilines is 1. The lowest BCUT2D eigenvalue weighted by atomic mass is 10.2. The molecule has 0 saturated heterocycles. The Morgan fingerprint density at radius 1 is 1.07 bits per heavy atom. The fourth-order valence-corrected chi connectivity index (χ4v) is 1.37. The lowest BCUT2D eigenvalue weighted by Gasteiger charge is -2.21. The Morgan fingerprint density at radius 3 is 2.00 bits per heavy atom. The third kappa shape index (κ3) is 3.09. The minimum atomic E-state index is 0.812. The Kier molecular flexibility index (Phi) is 4.35. The van der Waals surface area contributed by atoms with Crippen LogP contribution in [0.25, 0.3) is 0 Å². The van der Waals surface area contributed by atoms with Crippen LogP contribution >= 0.6 is 0 Å². The van der Waals surface area contributed by atoms with Gasteiger partial charge in [0, 0.05) is 18.8 Å². The molecule has 2 nitrogen and oxygen atoms in total. The van der Waals surface area contributed by atoms with Gasteiger partial charge in [0.2, 0.25) is 0 Å². The van der Waals surface area contributed by atoms with Crippen molar-refractivity contribution in [3.8, 4) is 0 Å². The van der Waals surface area contributed by atoms with Crippen molar-refractivity contribution in [1.82, 2.24) is 0 Å². The van der Waals surface area contributed by atoms with Crippen molar-refractivity contribution in [1.29, 1.82) is 0 Å². The van der Waals surface area contributed by atoms with Crippen LogP contribution in [0, 0.1) is 0 Å². The molecular formula is C13H16N2. The Hall–Kier alpha value is -1.83. The maximum atomic E-state index is 3.85. The summed E-state index contributed by atoms with van der Waals surface area (Å²) in [6.45, 7) is 12.6. The van der Waals surface area contributed by atoms with Crippen LogP contribution in [0.15, 0.2) is 54.6 Å². The van der Waals surface area contributed by atoms with Crippen molar-refractivity contribution in [2.75, 3.05) is 18.0 Å². The summed E-state index contributed by atoms with van der Waals surface area (Å²) in [6, 6.07) is 7.94. The van der Waals surface area contributed by atoms with Gasteiger partial charge >= 0.3 is 0 Å². The van der Waals surface area contributed by atoms with E-state index in [0.717, 1.165) is 24.5 Å². The van der Waals surface area contributed by atoms with E-state index >= 15 is 0 Å². The van der Waals surface area contributed by atoms with Crippen molar-refractivity contribution in [3.05, 3.63) is 49.6 Å². The second kappa shape index (κ2) is 5.81. The lowest BCUT2D eigenvalue weighted by molar-refractivity contribution is 0.957. The number of nitrogens with zero attached hydrogens (tertiary/aromatic N) is 2. The van der Waals surface area contributed by atoms with Crippen LogP contribution in [-0.4, -0.2) is 19.8 Å². The summed E-state index contributed by atoms with van der Waals surface area (Å²) in [4.78, 5) is 6.03. The second-order valence-electron chi connectivity index (χ2n) is 3.16. The number of rotatable bonds is 6. The van der Waals surface area contributed by atoms with Gasteiger partial charge in [0.15, 0.2) is 0 Å². The highest BCUT2D eigenvalue weighted by atomic mass is 15.1. The maximum absolute atomic E-state index is 3.85. The molecule has 0 unspecified atom stereocenters. The first kappa shape index (κ1) is 11.2. The molecule has 15 heavy (non-hydrogen) atoms. The predicted molar refractivity (Wildman–Crippen MR) is 68.3 cm³/mol. The molecule has 2 heteroatoms. The molecule has 0 bridgehead atoms.